The molecule has 1 aliphatic carbocycles. The number of nitrogens with one attached hydrogen (secondary N) is 1. The number of likely N-dealkylation sites (N-methyl/N-ethyl adjacent to an activating group) is 1. The molecule has 1 aromatic carbocycles. The largest absolute Gasteiger partial charge is 0.341 e. The molecule has 1 saturated heterocycles. The minimum Gasteiger partial charge on any atom is -0.341 e. The highest BCUT2D eigenvalue weighted by Crippen LogP contribution is 2.36. The van der Waals surface area contributed by atoms with Crippen molar-refractivity contribution in [2.24, 2.45) is 11.8 Å². The summed E-state index contributed by atoms with van der Waals surface area (Å²) >= 11 is 0. The molecule has 0 unspecified atom stereocenters. The fourth-order valence-corrected chi connectivity index (χ4v) is 4.23. The summed E-state index contributed by atoms with van der Waals surface area (Å²) in [5.74, 6) is 0.898. The first-order chi connectivity index (χ1) is 12.5. The van der Waals surface area contributed by atoms with Crippen LogP contribution in [0.1, 0.15) is 32.1 Å². The molecule has 1 aromatic rings. The lowest BCUT2D eigenvalue weighted by Crippen LogP contribution is -2.48. The zero-order chi connectivity index (χ0) is 18.5. The molecule has 0 radical (unpaired) electrons. The second-order valence-corrected chi connectivity index (χ2v) is 7.66. The van der Waals surface area contributed by atoms with E-state index in [4.69, 9.17) is 0 Å². The number of nitrogens with zero attached hydrogens (tertiary/aromatic N) is 2. The van der Waals surface area contributed by atoms with Crippen LogP contribution >= 0.6 is 0 Å². The van der Waals surface area contributed by atoms with E-state index in [9.17, 15) is 14.0 Å². The first-order valence-corrected chi connectivity index (χ1v) is 9.53. The predicted molar refractivity (Wildman–Crippen MR) is 99.2 cm³/mol. The molecule has 0 bridgehead atoms. The Hall–Kier alpha value is -1.95. The highest BCUT2D eigenvalue weighted by molar-refractivity contribution is 5.92. The highest BCUT2D eigenvalue weighted by Gasteiger charge is 2.33. The van der Waals surface area contributed by atoms with E-state index in [1.165, 1.54) is 37.8 Å². The first kappa shape index (κ1) is 18.8. The zero-order valence-corrected chi connectivity index (χ0v) is 15.4. The second kappa shape index (κ2) is 8.62. The molecule has 142 valence electrons. The van der Waals surface area contributed by atoms with Crippen molar-refractivity contribution in [3.05, 3.63) is 30.1 Å². The zero-order valence-electron chi connectivity index (χ0n) is 15.4. The minimum atomic E-state index is -0.391. The van der Waals surface area contributed by atoms with Gasteiger partial charge in [0.05, 0.1) is 13.1 Å². The highest BCUT2D eigenvalue weighted by atomic mass is 19.1. The van der Waals surface area contributed by atoms with Gasteiger partial charge in [-0.1, -0.05) is 25.3 Å². The quantitative estimate of drug-likeness (QED) is 0.877. The van der Waals surface area contributed by atoms with Crippen LogP contribution < -0.4 is 5.32 Å². The van der Waals surface area contributed by atoms with E-state index >= 15 is 0 Å². The average Bonchev–Trinajstić information content (AvgIpc) is 2.61. The van der Waals surface area contributed by atoms with Gasteiger partial charge >= 0.3 is 0 Å². The van der Waals surface area contributed by atoms with Gasteiger partial charge in [-0.25, -0.2) is 4.39 Å². The van der Waals surface area contributed by atoms with Gasteiger partial charge < -0.3 is 10.2 Å². The van der Waals surface area contributed by atoms with Crippen LogP contribution in [0.2, 0.25) is 0 Å². The van der Waals surface area contributed by atoms with Crippen molar-refractivity contribution in [3.63, 3.8) is 0 Å². The second-order valence-electron chi connectivity index (χ2n) is 7.66. The summed E-state index contributed by atoms with van der Waals surface area (Å²) in [6.45, 7) is 2.03. The van der Waals surface area contributed by atoms with Crippen LogP contribution in [0, 0.1) is 17.7 Å². The van der Waals surface area contributed by atoms with Gasteiger partial charge in [0.1, 0.15) is 5.82 Å². The molecule has 0 aromatic heterocycles. The molecule has 2 atom stereocenters. The summed E-state index contributed by atoms with van der Waals surface area (Å²) in [6, 6.07) is 5.79. The van der Waals surface area contributed by atoms with Crippen LogP contribution in [0.15, 0.2) is 24.3 Å². The van der Waals surface area contributed by atoms with Gasteiger partial charge in [0.15, 0.2) is 0 Å². The van der Waals surface area contributed by atoms with Gasteiger partial charge in [-0.15, -0.1) is 0 Å². The molecule has 1 aliphatic heterocycles. The predicted octanol–water partition coefficient (Wildman–Crippen LogP) is 2.73. The summed E-state index contributed by atoms with van der Waals surface area (Å²) in [7, 11) is 1.76. The number of fused-ring (bicyclic) bond motifs is 1. The Bertz CT molecular complexity index is 652. The third-order valence-electron chi connectivity index (χ3n) is 5.57. The van der Waals surface area contributed by atoms with Crippen LogP contribution in [0.25, 0.3) is 0 Å². The van der Waals surface area contributed by atoms with E-state index < -0.39 is 5.82 Å². The number of halogens is 1. The van der Waals surface area contributed by atoms with E-state index in [0.29, 0.717) is 11.6 Å². The van der Waals surface area contributed by atoms with Gasteiger partial charge in [-0.2, -0.15) is 0 Å². The van der Waals surface area contributed by atoms with Crippen LogP contribution in [-0.4, -0.2) is 54.8 Å². The Kier molecular flexibility index (Phi) is 6.25. The number of carbonyl (C=O) groups is 2. The normalized spacial score (nSPS) is 22.8. The van der Waals surface area contributed by atoms with Crippen molar-refractivity contribution in [3.8, 4) is 0 Å². The maximum Gasteiger partial charge on any atom is 0.238 e. The van der Waals surface area contributed by atoms with Crippen molar-refractivity contribution in [1.29, 1.82) is 0 Å². The molecule has 3 rings (SSSR count). The number of anilines is 1. The van der Waals surface area contributed by atoms with Crippen LogP contribution in [0.4, 0.5) is 10.1 Å². The third kappa shape index (κ3) is 5.04. The number of piperidine rings is 1. The van der Waals surface area contributed by atoms with E-state index in [1.54, 1.807) is 24.1 Å². The summed E-state index contributed by atoms with van der Waals surface area (Å²) in [5.41, 5.74) is 0.425. The Morgan fingerprint density at radius 2 is 1.96 bits per heavy atom. The number of hydrogen-bond acceptors (Lipinski definition) is 3. The van der Waals surface area contributed by atoms with Crippen LogP contribution in [-0.2, 0) is 9.59 Å². The number of rotatable bonds is 5. The van der Waals surface area contributed by atoms with Gasteiger partial charge in [0.2, 0.25) is 11.8 Å². The number of hydrogen-bond donors (Lipinski definition) is 1. The molecule has 0 spiro atoms. The summed E-state index contributed by atoms with van der Waals surface area (Å²) < 4.78 is 13.2. The Morgan fingerprint density at radius 3 is 2.73 bits per heavy atom. The molecule has 1 N–H and O–H groups in total. The van der Waals surface area contributed by atoms with Crippen molar-refractivity contribution in [2.45, 2.75) is 32.1 Å². The smallest absolute Gasteiger partial charge is 0.238 e. The minimum absolute atomic E-state index is 0.0927. The number of amides is 2. The van der Waals surface area contributed by atoms with Crippen molar-refractivity contribution < 1.29 is 14.0 Å². The van der Waals surface area contributed by atoms with Gasteiger partial charge in [0.25, 0.3) is 0 Å². The number of carbonyl (C=O) groups excluding carboxylic acids is 2. The average molecular weight is 361 g/mol. The van der Waals surface area contributed by atoms with E-state index in [1.807, 2.05) is 4.90 Å². The topological polar surface area (TPSA) is 52.7 Å². The SMILES string of the molecule is CN(CC(=O)Nc1cccc(F)c1)CC(=O)N1CC[C@H]2CCCC[C@@H]2C1. The van der Waals surface area contributed by atoms with E-state index in [2.05, 4.69) is 5.32 Å². The lowest BCUT2D eigenvalue weighted by atomic mass is 9.75. The first-order valence-electron chi connectivity index (χ1n) is 9.53. The molecule has 5 nitrogen and oxygen atoms in total. The van der Waals surface area contributed by atoms with Gasteiger partial charge in [0, 0.05) is 18.8 Å². The van der Waals surface area contributed by atoms with Gasteiger partial charge in [-0.3, -0.25) is 14.5 Å². The number of benzene rings is 1. The maximum atomic E-state index is 13.2. The van der Waals surface area contributed by atoms with Crippen LogP contribution in [0.5, 0.6) is 0 Å². The van der Waals surface area contributed by atoms with E-state index in [-0.39, 0.29) is 24.9 Å². The van der Waals surface area contributed by atoms with Crippen molar-refractivity contribution in [1.82, 2.24) is 9.80 Å². The molecular weight excluding hydrogens is 333 g/mol. The molecule has 2 amide bonds. The lowest BCUT2D eigenvalue weighted by Gasteiger charge is -2.41. The molecule has 2 aliphatic rings. The van der Waals surface area contributed by atoms with Gasteiger partial charge in [-0.05, 0) is 49.9 Å². The molecule has 6 heteroatoms. The molecular formula is C20H28FN3O2. The monoisotopic (exact) mass is 361 g/mol. The fourth-order valence-electron chi connectivity index (χ4n) is 4.23. The molecule has 2 fully saturated rings. The van der Waals surface area contributed by atoms with Crippen LogP contribution in [0.3, 0.4) is 0 Å². The van der Waals surface area contributed by atoms with Crippen molar-refractivity contribution in [2.75, 3.05) is 38.5 Å². The standard InChI is InChI=1S/C20H28FN3O2/c1-23(13-19(25)22-18-8-4-7-17(21)11-18)14-20(26)24-10-9-15-5-2-3-6-16(15)12-24/h4,7-8,11,15-16H,2-3,5-6,9-10,12-14H2,1H3,(H,22,25)/t15-,16-/m1/s1. The summed E-state index contributed by atoms with van der Waals surface area (Å²) in [6.07, 6.45) is 6.27. The summed E-state index contributed by atoms with van der Waals surface area (Å²) in [5, 5.41) is 2.66. The third-order valence-corrected chi connectivity index (χ3v) is 5.57. The number of likely N-dealkylation sites (tertiary alicyclic amines) is 1. The molecule has 26 heavy (non-hydrogen) atoms. The van der Waals surface area contributed by atoms with Crippen molar-refractivity contribution >= 4 is 17.5 Å². The lowest BCUT2D eigenvalue weighted by molar-refractivity contribution is -0.135. The summed E-state index contributed by atoms with van der Waals surface area (Å²) in [4.78, 5) is 28.3. The Morgan fingerprint density at radius 1 is 1.19 bits per heavy atom. The van der Waals surface area contributed by atoms with E-state index in [0.717, 1.165) is 25.4 Å². The fraction of sp³-hybridized carbons (Fsp3) is 0.600. The molecule has 1 heterocycles. The Balaban J connectivity index is 1.44. The molecule has 1 saturated carbocycles. The maximum absolute atomic E-state index is 13.2. The Labute approximate surface area is 154 Å².